The summed E-state index contributed by atoms with van der Waals surface area (Å²) in [4.78, 5) is 26.9. The second kappa shape index (κ2) is 8.19. The van der Waals surface area contributed by atoms with Crippen molar-refractivity contribution >= 4 is 28.8 Å². The van der Waals surface area contributed by atoms with Crippen molar-refractivity contribution in [3.63, 3.8) is 0 Å². The molecule has 5 heteroatoms. The number of anilines is 1. The molecule has 1 aromatic carbocycles. The number of aromatic nitrogens is 2. The molecule has 5 nitrogen and oxygen atoms in total. The van der Waals surface area contributed by atoms with Crippen molar-refractivity contribution in [3.8, 4) is 0 Å². The van der Waals surface area contributed by atoms with E-state index in [2.05, 4.69) is 4.98 Å². The smallest absolute Gasteiger partial charge is 0.155 e. The number of nitrogen functional groups attached to an aromatic ring is 1. The topological polar surface area (TPSA) is 78.0 Å². The number of carbonyl (C=O) groups is 2. The minimum absolute atomic E-state index is 0.109. The number of hydrogen-bond acceptors (Lipinski definition) is 4. The van der Waals surface area contributed by atoms with Crippen LogP contribution < -0.4 is 5.73 Å². The molecule has 2 rings (SSSR count). The lowest BCUT2D eigenvalue weighted by Crippen LogP contribution is -2.18. The van der Waals surface area contributed by atoms with Gasteiger partial charge in [-0.3, -0.25) is 4.79 Å². The first-order valence-corrected chi connectivity index (χ1v) is 7.35. The molecule has 114 valence electrons. The van der Waals surface area contributed by atoms with Crippen LogP contribution in [0.25, 0.3) is 11.0 Å². The first kappa shape index (κ1) is 16.9. The van der Waals surface area contributed by atoms with Gasteiger partial charge in [-0.1, -0.05) is 20.8 Å². The van der Waals surface area contributed by atoms with Gasteiger partial charge in [0, 0.05) is 18.5 Å². The Morgan fingerprint density at radius 3 is 2.76 bits per heavy atom. The number of fused-ring (bicyclic) bond motifs is 1. The number of nitrogens with two attached hydrogens (primary N) is 1. The first-order valence-electron chi connectivity index (χ1n) is 7.35. The Balaban J connectivity index is 0.00000106. The lowest BCUT2D eigenvalue weighted by atomic mass is 10.0. The average molecular weight is 289 g/mol. The Bertz CT molecular complexity index is 605. The molecule has 0 saturated heterocycles. The summed E-state index contributed by atoms with van der Waals surface area (Å²) < 4.78 is 1.84. The molecule has 0 aliphatic heterocycles. The van der Waals surface area contributed by atoms with Gasteiger partial charge in [0.05, 0.1) is 23.4 Å². The third kappa shape index (κ3) is 3.90. The van der Waals surface area contributed by atoms with Gasteiger partial charge in [-0.15, -0.1) is 0 Å². The van der Waals surface area contributed by atoms with E-state index < -0.39 is 0 Å². The Hall–Kier alpha value is -2.17. The molecule has 0 fully saturated rings. The van der Waals surface area contributed by atoms with Crippen LogP contribution in [0.4, 0.5) is 5.69 Å². The molecule has 2 aromatic rings. The van der Waals surface area contributed by atoms with Crippen molar-refractivity contribution in [2.45, 2.75) is 46.1 Å². The summed E-state index contributed by atoms with van der Waals surface area (Å²) in [7, 11) is 0. The minimum Gasteiger partial charge on any atom is -0.399 e. The summed E-state index contributed by atoms with van der Waals surface area (Å²) in [5, 5.41) is 0. The monoisotopic (exact) mass is 289 g/mol. The van der Waals surface area contributed by atoms with Crippen LogP contribution in [0.5, 0.6) is 0 Å². The van der Waals surface area contributed by atoms with E-state index in [0.29, 0.717) is 24.9 Å². The zero-order chi connectivity index (χ0) is 15.8. The van der Waals surface area contributed by atoms with E-state index in [9.17, 15) is 9.59 Å². The third-order valence-electron chi connectivity index (χ3n) is 3.21. The van der Waals surface area contributed by atoms with Crippen LogP contribution >= 0.6 is 0 Å². The Morgan fingerprint density at radius 1 is 1.43 bits per heavy atom. The highest BCUT2D eigenvalue weighted by atomic mass is 16.1. The number of nitrogens with zero attached hydrogens (tertiary/aromatic N) is 2. The maximum Gasteiger partial charge on any atom is 0.155 e. The van der Waals surface area contributed by atoms with E-state index >= 15 is 0 Å². The minimum atomic E-state index is -0.330. The summed E-state index contributed by atoms with van der Waals surface area (Å²) in [5.74, 6) is 0.109. The van der Waals surface area contributed by atoms with Gasteiger partial charge in [-0.05, 0) is 24.6 Å². The quantitative estimate of drug-likeness (QED) is 0.654. The van der Waals surface area contributed by atoms with Crippen molar-refractivity contribution in [1.29, 1.82) is 0 Å². The van der Waals surface area contributed by atoms with E-state index in [-0.39, 0.29) is 11.8 Å². The number of rotatable bonds is 6. The molecule has 21 heavy (non-hydrogen) atoms. The van der Waals surface area contributed by atoms with Crippen molar-refractivity contribution in [1.82, 2.24) is 9.55 Å². The SMILES string of the molecule is CC.CCC(=O)C(CCC=O)n1cnc2cc(N)ccc21. The molecule has 0 spiro atoms. The molecular weight excluding hydrogens is 266 g/mol. The Morgan fingerprint density at radius 2 is 2.14 bits per heavy atom. The maximum absolute atomic E-state index is 12.0. The standard InChI is InChI=1S/C14H17N3O2.C2H6/c1-2-14(19)13(4-3-7-18)17-9-16-11-8-10(15)5-6-12(11)17;1-2/h5-9,13H,2-4,15H2,1H3;1-2H3. The number of benzene rings is 1. The Labute approximate surface area is 125 Å². The van der Waals surface area contributed by atoms with Crippen LogP contribution in [-0.4, -0.2) is 21.6 Å². The summed E-state index contributed by atoms with van der Waals surface area (Å²) in [6.45, 7) is 5.83. The van der Waals surface area contributed by atoms with Crippen molar-refractivity contribution in [2.75, 3.05) is 5.73 Å². The summed E-state index contributed by atoms with van der Waals surface area (Å²) in [6, 6.07) is 5.09. The predicted molar refractivity (Wildman–Crippen MR) is 85.1 cm³/mol. The number of Topliss-reactive ketones (excluding diaryl/α,β-unsaturated/α-hetero) is 1. The molecule has 1 aromatic heterocycles. The van der Waals surface area contributed by atoms with Crippen LogP contribution in [0.3, 0.4) is 0 Å². The summed E-state index contributed by atoms with van der Waals surface area (Å²) in [5.41, 5.74) is 7.99. The van der Waals surface area contributed by atoms with Crippen LogP contribution in [0.15, 0.2) is 24.5 Å². The molecule has 1 unspecified atom stereocenters. The van der Waals surface area contributed by atoms with Gasteiger partial charge in [-0.25, -0.2) is 4.98 Å². The molecule has 1 atom stereocenters. The summed E-state index contributed by atoms with van der Waals surface area (Å²) in [6.07, 6.45) is 3.80. The highest BCUT2D eigenvalue weighted by molar-refractivity contribution is 5.86. The lowest BCUT2D eigenvalue weighted by molar-refractivity contribution is -0.122. The van der Waals surface area contributed by atoms with Gasteiger partial charge in [0.1, 0.15) is 6.29 Å². The van der Waals surface area contributed by atoms with Crippen molar-refractivity contribution in [3.05, 3.63) is 24.5 Å². The van der Waals surface area contributed by atoms with Gasteiger partial charge >= 0.3 is 0 Å². The highest BCUT2D eigenvalue weighted by Crippen LogP contribution is 2.24. The fourth-order valence-electron chi connectivity index (χ4n) is 2.21. The fraction of sp³-hybridized carbons (Fsp3) is 0.438. The zero-order valence-corrected chi connectivity index (χ0v) is 12.9. The number of imidazole rings is 1. The average Bonchev–Trinajstić information content (AvgIpc) is 2.92. The molecule has 0 amide bonds. The molecule has 1 heterocycles. The van der Waals surface area contributed by atoms with E-state index in [4.69, 9.17) is 5.73 Å². The van der Waals surface area contributed by atoms with Crippen molar-refractivity contribution < 1.29 is 9.59 Å². The van der Waals surface area contributed by atoms with E-state index in [1.165, 1.54) is 0 Å². The van der Waals surface area contributed by atoms with Crippen LogP contribution in [-0.2, 0) is 9.59 Å². The normalized spacial score (nSPS) is 11.6. The van der Waals surface area contributed by atoms with Gasteiger partial charge < -0.3 is 15.1 Å². The van der Waals surface area contributed by atoms with E-state index in [0.717, 1.165) is 17.3 Å². The zero-order valence-electron chi connectivity index (χ0n) is 12.9. The van der Waals surface area contributed by atoms with Gasteiger partial charge in [0.15, 0.2) is 5.78 Å². The van der Waals surface area contributed by atoms with Crippen LogP contribution in [0, 0.1) is 0 Å². The fourth-order valence-corrected chi connectivity index (χ4v) is 2.21. The number of carbonyl (C=O) groups excluding carboxylic acids is 2. The van der Waals surface area contributed by atoms with Gasteiger partial charge in [-0.2, -0.15) is 0 Å². The third-order valence-corrected chi connectivity index (χ3v) is 3.21. The predicted octanol–water partition coefficient (Wildman–Crippen LogP) is 3.14. The second-order valence-corrected chi connectivity index (χ2v) is 4.48. The maximum atomic E-state index is 12.0. The molecular formula is C16H23N3O2. The van der Waals surface area contributed by atoms with E-state index in [1.54, 1.807) is 18.5 Å². The molecule has 2 N–H and O–H groups in total. The van der Waals surface area contributed by atoms with Crippen LogP contribution in [0.1, 0.15) is 46.1 Å². The lowest BCUT2D eigenvalue weighted by Gasteiger charge is -2.16. The van der Waals surface area contributed by atoms with Gasteiger partial charge in [0.2, 0.25) is 0 Å². The molecule has 0 saturated carbocycles. The molecule has 0 aliphatic rings. The molecule has 0 aliphatic carbocycles. The molecule has 0 bridgehead atoms. The van der Waals surface area contributed by atoms with Crippen molar-refractivity contribution in [2.24, 2.45) is 0 Å². The van der Waals surface area contributed by atoms with Crippen LogP contribution in [0.2, 0.25) is 0 Å². The second-order valence-electron chi connectivity index (χ2n) is 4.48. The van der Waals surface area contributed by atoms with Gasteiger partial charge in [0.25, 0.3) is 0 Å². The Kier molecular flexibility index (Phi) is 6.59. The largest absolute Gasteiger partial charge is 0.399 e. The van der Waals surface area contributed by atoms with E-state index in [1.807, 2.05) is 31.4 Å². The number of aldehydes is 1. The highest BCUT2D eigenvalue weighted by Gasteiger charge is 2.20. The first-order chi connectivity index (χ1) is 10.2. The number of ketones is 1. The summed E-state index contributed by atoms with van der Waals surface area (Å²) >= 11 is 0. The molecule has 0 radical (unpaired) electrons. The number of hydrogen-bond donors (Lipinski definition) is 1.